The molecule has 6 nitrogen and oxygen atoms in total. The van der Waals surface area contributed by atoms with Crippen molar-refractivity contribution in [2.24, 2.45) is 0 Å². The lowest BCUT2D eigenvalue weighted by Gasteiger charge is -2.04. The molecule has 0 aliphatic heterocycles. The van der Waals surface area contributed by atoms with Gasteiger partial charge in [0.15, 0.2) is 5.65 Å². The minimum atomic E-state index is 0.616. The minimum Gasteiger partial charge on any atom is -0.342 e. The third-order valence-corrected chi connectivity index (χ3v) is 2.57. The maximum absolute atomic E-state index is 4.39. The summed E-state index contributed by atoms with van der Waals surface area (Å²) >= 11 is 0. The van der Waals surface area contributed by atoms with Crippen molar-refractivity contribution in [3.63, 3.8) is 0 Å². The molecule has 6 heteroatoms. The van der Waals surface area contributed by atoms with Gasteiger partial charge in [0.1, 0.15) is 11.3 Å². The van der Waals surface area contributed by atoms with Gasteiger partial charge in [-0.25, -0.2) is 15.0 Å². The van der Waals surface area contributed by atoms with E-state index in [0.717, 1.165) is 24.2 Å². The van der Waals surface area contributed by atoms with Crippen molar-refractivity contribution in [1.82, 2.24) is 29.5 Å². The summed E-state index contributed by atoms with van der Waals surface area (Å²) in [6.45, 7) is 2.12. The maximum atomic E-state index is 4.39. The lowest BCUT2D eigenvalue weighted by atomic mass is 10.3. The molecule has 0 spiro atoms. The van der Waals surface area contributed by atoms with Gasteiger partial charge in [0.25, 0.3) is 0 Å². The Morgan fingerprint density at radius 1 is 1.29 bits per heavy atom. The van der Waals surface area contributed by atoms with Crippen LogP contribution in [-0.2, 0) is 6.42 Å². The van der Waals surface area contributed by atoms with Crippen LogP contribution in [0.1, 0.15) is 19.2 Å². The van der Waals surface area contributed by atoms with Crippen LogP contribution in [0.25, 0.3) is 17.1 Å². The average molecular weight is 228 g/mol. The van der Waals surface area contributed by atoms with Gasteiger partial charge in [-0.2, -0.15) is 4.98 Å². The molecule has 0 aliphatic carbocycles. The molecule has 1 N–H and O–H groups in total. The van der Waals surface area contributed by atoms with E-state index in [2.05, 4.69) is 31.8 Å². The highest BCUT2D eigenvalue weighted by Gasteiger charge is 2.08. The molecule has 0 saturated carbocycles. The summed E-state index contributed by atoms with van der Waals surface area (Å²) in [5.74, 6) is 1.59. The first-order chi connectivity index (χ1) is 8.38. The fourth-order valence-electron chi connectivity index (χ4n) is 1.77. The summed E-state index contributed by atoms with van der Waals surface area (Å²) in [4.78, 5) is 20.1. The normalized spacial score (nSPS) is 11.1. The van der Waals surface area contributed by atoms with Gasteiger partial charge in [0.05, 0.1) is 12.5 Å². The summed E-state index contributed by atoms with van der Waals surface area (Å²) in [7, 11) is 0. The first-order valence-corrected chi connectivity index (χ1v) is 5.57. The number of nitrogens with zero attached hydrogens (tertiary/aromatic N) is 5. The van der Waals surface area contributed by atoms with E-state index in [0.29, 0.717) is 11.6 Å². The fourth-order valence-corrected chi connectivity index (χ4v) is 1.77. The van der Waals surface area contributed by atoms with Gasteiger partial charge in [0.2, 0.25) is 5.95 Å². The molecule has 0 unspecified atom stereocenters. The standard InChI is InChI=1S/C11H12N6/c1-2-3-9-12-4-5-17(9)11-13-6-8-10(16-11)15-7-14-8/h4-7H,2-3H2,1H3,(H,13,14,15,16). The van der Waals surface area contributed by atoms with Gasteiger partial charge < -0.3 is 4.98 Å². The number of aromatic amines is 1. The molecule has 0 saturated heterocycles. The number of imidazole rings is 2. The van der Waals surface area contributed by atoms with Crippen LogP contribution in [0.5, 0.6) is 0 Å². The van der Waals surface area contributed by atoms with Crippen molar-refractivity contribution in [3.8, 4) is 5.95 Å². The number of nitrogens with one attached hydrogen (secondary N) is 1. The van der Waals surface area contributed by atoms with E-state index >= 15 is 0 Å². The topological polar surface area (TPSA) is 72.3 Å². The SMILES string of the molecule is CCCc1nccn1-c1ncc2[nH]cnc2n1. The predicted octanol–water partition coefficient (Wildman–Crippen LogP) is 1.49. The van der Waals surface area contributed by atoms with Crippen LogP contribution >= 0.6 is 0 Å². The van der Waals surface area contributed by atoms with Crippen LogP contribution in [0.2, 0.25) is 0 Å². The number of aromatic nitrogens is 6. The van der Waals surface area contributed by atoms with E-state index in [1.807, 2.05) is 10.8 Å². The van der Waals surface area contributed by atoms with Crippen molar-refractivity contribution in [1.29, 1.82) is 0 Å². The highest BCUT2D eigenvalue weighted by Crippen LogP contribution is 2.10. The molecular formula is C11H12N6. The third kappa shape index (κ3) is 1.67. The molecule has 0 atom stereocenters. The van der Waals surface area contributed by atoms with Crippen LogP contribution in [0.15, 0.2) is 24.9 Å². The van der Waals surface area contributed by atoms with Gasteiger partial charge in [-0.05, 0) is 6.42 Å². The first-order valence-electron chi connectivity index (χ1n) is 5.57. The van der Waals surface area contributed by atoms with E-state index in [9.17, 15) is 0 Å². The van der Waals surface area contributed by atoms with E-state index < -0.39 is 0 Å². The Labute approximate surface area is 97.8 Å². The van der Waals surface area contributed by atoms with Gasteiger partial charge in [-0.3, -0.25) is 4.57 Å². The Morgan fingerprint density at radius 2 is 2.24 bits per heavy atom. The molecule has 3 aromatic rings. The summed E-state index contributed by atoms with van der Waals surface area (Å²) in [5.41, 5.74) is 1.51. The number of rotatable bonds is 3. The van der Waals surface area contributed by atoms with Crippen LogP contribution in [0.3, 0.4) is 0 Å². The number of hydrogen-bond donors (Lipinski definition) is 1. The second-order valence-electron chi connectivity index (χ2n) is 3.77. The molecule has 0 aliphatic rings. The molecular weight excluding hydrogens is 216 g/mol. The summed E-state index contributed by atoms with van der Waals surface area (Å²) in [5, 5.41) is 0. The molecule has 17 heavy (non-hydrogen) atoms. The first kappa shape index (κ1) is 9.95. The van der Waals surface area contributed by atoms with E-state index in [4.69, 9.17) is 0 Å². The molecule has 3 heterocycles. The zero-order valence-electron chi connectivity index (χ0n) is 9.46. The van der Waals surface area contributed by atoms with Crippen LogP contribution in [-0.4, -0.2) is 29.5 Å². The number of hydrogen-bond acceptors (Lipinski definition) is 4. The van der Waals surface area contributed by atoms with Crippen LogP contribution in [0, 0.1) is 0 Å². The highest BCUT2D eigenvalue weighted by molar-refractivity contribution is 5.68. The van der Waals surface area contributed by atoms with Gasteiger partial charge >= 0.3 is 0 Å². The van der Waals surface area contributed by atoms with Crippen LogP contribution in [0.4, 0.5) is 0 Å². The van der Waals surface area contributed by atoms with Crippen LogP contribution < -0.4 is 0 Å². The second kappa shape index (κ2) is 3.97. The largest absolute Gasteiger partial charge is 0.342 e. The van der Waals surface area contributed by atoms with Gasteiger partial charge in [-0.15, -0.1) is 0 Å². The molecule has 0 aromatic carbocycles. The lowest BCUT2D eigenvalue weighted by molar-refractivity contribution is 0.785. The fraction of sp³-hybridized carbons (Fsp3) is 0.273. The molecule has 86 valence electrons. The van der Waals surface area contributed by atoms with Crippen molar-refractivity contribution in [2.75, 3.05) is 0 Å². The Balaban J connectivity index is 2.09. The number of aryl methyl sites for hydroxylation is 1. The van der Waals surface area contributed by atoms with Crippen molar-refractivity contribution in [2.45, 2.75) is 19.8 Å². The quantitative estimate of drug-likeness (QED) is 0.737. The lowest BCUT2D eigenvalue weighted by Crippen LogP contribution is -2.04. The van der Waals surface area contributed by atoms with E-state index in [1.165, 1.54) is 0 Å². The molecule has 0 radical (unpaired) electrons. The van der Waals surface area contributed by atoms with Crippen molar-refractivity contribution in [3.05, 3.63) is 30.7 Å². The Bertz CT molecular complexity index is 638. The maximum Gasteiger partial charge on any atom is 0.237 e. The molecule has 0 fully saturated rings. The van der Waals surface area contributed by atoms with Gasteiger partial charge in [0, 0.05) is 18.8 Å². The Hall–Kier alpha value is -2.24. The molecule has 0 amide bonds. The monoisotopic (exact) mass is 228 g/mol. The summed E-state index contributed by atoms with van der Waals surface area (Å²) in [6, 6.07) is 0. The number of H-pyrrole nitrogens is 1. The summed E-state index contributed by atoms with van der Waals surface area (Å²) < 4.78 is 1.90. The van der Waals surface area contributed by atoms with E-state index in [-0.39, 0.29) is 0 Å². The molecule has 0 bridgehead atoms. The smallest absolute Gasteiger partial charge is 0.237 e. The van der Waals surface area contributed by atoms with Gasteiger partial charge in [-0.1, -0.05) is 6.92 Å². The zero-order chi connectivity index (χ0) is 11.7. The Kier molecular flexibility index (Phi) is 2.32. The molecule has 3 rings (SSSR count). The second-order valence-corrected chi connectivity index (χ2v) is 3.77. The minimum absolute atomic E-state index is 0.616. The predicted molar refractivity (Wildman–Crippen MR) is 62.8 cm³/mol. The van der Waals surface area contributed by atoms with E-state index in [1.54, 1.807) is 18.7 Å². The van der Waals surface area contributed by atoms with Crippen molar-refractivity contribution >= 4 is 11.2 Å². The van der Waals surface area contributed by atoms with Crippen molar-refractivity contribution < 1.29 is 0 Å². The zero-order valence-corrected chi connectivity index (χ0v) is 9.46. The molecule has 3 aromatic heterocycles. The highest BCUT2D eigenvalue weighted by atomic mass is 15.2. The summed E-state index contributed by atoms with van der Waals surface area (Å²) in [6.07, 6.45) is 8.95. The number of fused-ring (bicyclic) bond motifs is 1. The third-order valence-electron chi connectivity index (χ3n) is 2.57. The average Bonchev–Trinajstić information content (AvgIpc) is 2.96. The Morgan fingerprint density at radius 3 is 3.12 bits per heavy atom.